The lowest BCUT2D eigenvalue weighted by molar-refractivity contribution is 0.0953. The van der Waals surface area contributed by atoms with Crippen molar-refractivity contribution in [2.24, 2.45) is 5.73 Å². The zero-order chi connectivity index (χ0) is 12.0. The van der Waals surface area contributed by atoms with E-state index in [2.05, 4.69) is 21.2 Å². The molecular weight excluding hydrogens is 275 g/mol. The Morgan fingerprint density at radius 2 is 2.25 bits per heavy atom. The van der Waals surface area contributed by atoms with Crippen LogP contribution in [0, 0.1) is 5.82 Å². The highest BCUT2D eigenvalue weighted by atomic mass is 79.9. The minimum absolute atomic E-state index is 0.0173. The number of hydrogen-bond acceptors (Lipinski definition) is 2. The highest BCUT2D eigenvalue weighted by molar-refractivity contribution is 9.10. The molecule has 0 aliphatic carbocycles. The van der Waals surface area contributed by atoms with Gasteiger partial charge in [0.15, 0.2) is 0 Å². The summed E-state index contributed by atoms with van der Waals surface area (Å²) >= 11 is 3.13. The van der Waals surface area contributed by atoms with Crippen LogP contribution >= 0.6 is 15.9 Å². The Morgan fingerprint density at radius 1 is 1.50 bits per heavy atom. The first kappa shape index (κ1) is 12.9. The molecule has 1 rings (SSSR count). The number of halogens is 2. The van der Waals surface area contributed by atoms with Crippen LogP contribution in [-0.4, -0.2) is 19.0 Å². The van der Waals surface area contributed by atoms with Crippen LogP contribution in [0.2, 0.25) is 0 Å². The summed E-state index contributed by atoms with van der Waals surface area (Å²) in [6, 6.07) is 4.40. The molecule has 0 unspecified atom stereocenters. The van der Waals surface area contributed by atoms with Gasteiger partial charge in [0.25, 0.3) is 5.91 Å². The summed E-state index contributed by atoms with van der Waals surface area (Å²) in [6.07, 6.45) is 3.43. The molecule has 0 radical (unpaired) electrons. The highest BCUT2D eigenvalue weighted by Crippen LogP contribution is 2.19. The molecule has 3 nitrogen and oxygen atoms in total. The molecule has 86 valence electrons. The van der Waals surface area contributed by atoms with Gasteiger partial charge in [-0.25, -0.2) is 4.39 Å². The summed E-state index contributed by atoms with van der Waals surface area (Å²) in [6.45, 7) is 0.746. The molecule has 0 aliphatic heterocycles. The molecule has 5 heteroatoms. The quantitative estimate of drug-likeness (QED) is 0.830. The standard InChI is InChI=1S/C11H12BrFN2O/c12-8-4-3-5-9(13)10(8)11(16)15-7-2-1-6-14/h1-5H,6-7,14H2,(H,15,16)/b2-1+. The zero-order valence-electron chi connectivity index (χ0n) is 8.54. The van der Waals surface area contributed by atoms with Crippen LogP contribution in [0.4, 0.5) is 4.39 Å². The third-order valence-corrected chi connectivity index (χ3v) is 2.53. The molecule has 0 fully saturated rings. The Labute approximate surface area is 102 Å². The van der Waals surface area contributed by atoms with Gasteiger partial charge in [-0.1, -0.05) is 18.2 Å². The molecule has 16 heavy (non-hydrogen) atoms. The fourth-order valence-electron chi connectivity index (χ4n) is 1.13. The van der Waals surface area contributed by atoms with Crippen LogP contribution in [-0.2, 0) is 0 Å². The van der Waals surface area contributed by atoms with Gasteiger partial charge < -0.3 is 11.1 Å². The largest absolute Gasteiger partial charge is 0.348 e. The van der Waals surface area contributed by atoms with E-state index in [-0.39, 0.29) is 5.56 Å². The van der Waals surface area contributed by atoms with Gasteiger partial charge in [0.05, 0.1) is 5.56 Å². The van der Waals surface area contributed by atoms with Gasteiger partial charge in [-0.15, -0.1) is 0 Å². The van der Waals surface area contributed by atoms with Crippen molar-refractivity contribution in [3.63, 3.8) is 0 Å². The van der Waals surface area contributed by atoms with Gasteiger partial charge in [0.2, 0.25) is 0 Å². The number of carbonyl (C=O) groups is 1. The molecule has 1 aromatic rings. The zero-order valence-corrected chi connectivity index (χ0v) is 10.1. The van der Waals surface area contributed by atoms with Crippen LogP contribution in [0.25, 0.3) is 0 Å². The second-order valence-electron chi connectivity index (χ2n) is 3.01. The SMILES string of the molecule is NC/C=C/CNC(=O)c1c(F)cccc1Br. The lowest BCUT2D eigenvalue weighted by atomic mass is 10.2. The molecular formula is C11H12BrFN2O. The smallest absolute Gasteiger partial charge is 0.255 e. The van der Waals surface area contributed by atoms with Crippen LogP contribution in [0.3, 0.4) is 0 Å². The molecule has 0 spiro atoms. The van der Waals surface area contributed by atoms with E-state index in [9.17, 15) is 9.18 Å². The van der Waals surface area contributed by atoms with Crippen molar-refractivity contribution >= 4 is 21.8 Å². The summed E-state index contributed by atoms with van der Waals surface area (Å²) in [7, 11) is 0. The van der Waals surface area contributed by atoms with E-state index in [1.54, 1.807) is 18.2 Å². The maximum Gasteiger partial charge on any atom is 0.255 e. The molecule has 0 aromatic heterocycles. The fraction of sp³-hybridized carbons (Fsp3) is 0.182. The number of rotatable bonds is 4. The molecule has 0 saturated carbocycles. The number of nitrogens with two attached hydrogens (primary N) is 1. The van der Waals surface area contributed by atoms with E-state index < -0.39 is 11.7 Å². The van der Waals surface area contributed by atoms with E-state index in [1.165, 1.54) is 12.1 Å². The van der Waals surface area contributed by atoms with Crippen LogP contribution in [0.15, 0.2) is 34.8 Å². The number of hydrogen-bond donors (Lipinski definition) is 2. The van der Waals surface area contributed by atoms with Crippen molar-refractivity contribution < 1.29 is 9.18 Å². The van der Waals surface area contributed by atoms with Gasteiger partial charge in [0, 0.05) is 17.6 Å². The Balaban J connectivity index is 2.70. The minimum Gasteiger partial charge on any atom is -0.348 e. The Kier molecular flexibility index (Phi) is 5.14. The van der Waals surface area contributed by atoms with Crippen LogP contribution in [0.1, 0.15) is 10.4 Å². The highest BCUT2D eigenvalue weighted by Gasteiger charge is 2.13. The summed E-state index contributed by atoms with van der Waals surface area (Å²) < 4.78 is 13.8. The van der Waals surface area contributed by atoms with Gasteiger partial charge in [-0.3, -0.25) is 4.79 Å². The van der Waals surface area contributed by atoms with Gasteiger partial charge in [-0.05, 0) is 28.1 Å². The summed E-state index contributed by atoms with van der Waals surface area (Å²) in [5.74, 6) is -0.999. The maximum absolute atomic E-state index is 13.3. The van der Waals surface area contributed by atoms with Gasteiger partial charge in [-0.2, -0.15) is 0 Å². The molecule has 0 heterocycles. The second kappa shape index (κ2) is 6.40. The summed E-state index contributed by atoms with van der Waals surface area (Å²) in [5, 5.41) is 2.56. The van der Waals surface area contributed by atoms with E-state index >= 15 is 0 Å². The van der Waals surface area contributed by atoms with Crippen molar-refractivity contribution in [3.8, 4) is 0 Å². The van der Waals surface area contributed by atoms with Gasteiger partial charge in [0.1, 0.15) is 5.82 Å². The molecule has 1 amide bonds. The van der Waals surface area contributed by atoms with Crippen LogP contribution in [0.5, 0.6) is 0 Å². The Morgan fingerprint density at radius 3 is 2.88 bits per heavy atom. The fourth-order valence-corrected chi connectivity index (χ4v) is 1.66. The molecule has 0 atom stereocenters. The minimum atomic E-state index is -0.547. The third kappa shape index (κ3) is 3.43. The van der Waals surface area contributed by atoms with E-state index in [0.29, 0.717) is 17.6 Å². The first-order valence-corrected chi connectivity index (χ1v) is 5.53. The van der Waals surface area contributed by atoms with Crippen molar-refractivity contribution in [2.45, 2.75) is 0 Å². The van der Waals surface area contributed by atoms with Crippen molar-refractivity contribution in [2.75, 3.05) is 13.1 Å². The second-order valence-corrected chi connectivity index (χ2v) is 3.87. The predicted molar refractivity (Wildman–Crippen MR) is 64.6 cm³/mol. The first-order valence-electron chi connectivity index (χ1n) is 4.74. The lowest BCUT2D eigenvalue weighted by Crippen LogP contribution is -2.24. The van der Waals surface area contributed by atoms with Crippen LogP contribution < -0.4 is 11.1 Å². The normalized spacial score (nSPS) is 10.7. The van der Waals surface area contributed by atoms with E-state index in [4.69, 9.17) is 5.73 Å². The van der Waals surface area contributed by atoms with Crippen molar-refractivity contribution in [1.29, 1.82) is 0 Å². The van der Waals surface area contributed by atoms with E-state index in [1.807, 2.05) is 0 Å². The topological polar surface area (TPSA) is 55.1 Å². The van der Waals surface area contributed by atoms with Crippen molar-refractivity contribution in [3.05, 3.63) is 46.2 Å². The Hall–Kier alpha value is -1.20. The molecule has 1 aromatic carbocycles. The van der Waals surface area contributed by atoms with Crippen molar-refractivity contribution in [1.82, 2.24) is 5.32 Å². The molecule has 0 aliphatic rings. The average molecular weight is 287 g/mol. The summed E-state index contributed by atoms with van der Waals surface area (Å²) in [5.41, 5.74) is 5.26. The molecule has 0 saturated heterocycles. The number of benzene rings is 1. The molecule has 3 N–H and O–H groups in total. The summed E-state index contributed by atoms with van der Waals surface area (Å²) in [4.78, 5) is 11.6. The molecule has 0 bridgehead atoms. The number of carbonyl (C=O) groups excluding carboxylic acids is 1. The lowest BCUT2D eigenvalue weighted by Gasteiger charge is -2.05. The maximum atomic E-state index is 13.3. The average Bonchev–Trinajstić information content (AvgIpc) is 2.24. The van der Waals surface area contributed by atoms with E-state index in [0.717, 1.165) is 0 Å². The first-order chi connectivity index (χ1) is 7.66. The third-order valence-electron chi connectivity index (χ3n) is 1.87. The Bertz CT molecular complexity index is 387. The predicted octanol–water partition coefficient (Wildman–Crippen LogP) is 1.83. The number of amides is 1. The monoisotopic (exact) mass is 286 g/mol. The number of nitrogens with one attached hydrogen (secondary N) is 1. The van der Waals surface area contributed by atoms with Gasteiger partial charge >= 0.3 is 0 Å².